The van der Waals surface area contributed by atoms with Crippen LogP contribution in [0.2, 0.25) is 0 Å². The second-order valence-electron chi connectivity index (χ2n) is 5.57. The summed E-state index contributed by atoms with van der Waals surface area (Å²) in [5, 5.41) is 8.76. The molecule has 7 heteroatoms. The lowest BCUT2D eigenvalue weighted by Crippen LogP contribution is -2.38. The Bertz CT molecular complexity index is 706. The molecule has 0 bridgehead atoms. The third kappa shape index (κ3) is 2.76. The number of aromatic amines is 1. The number of carbonyl (C=O) groups is 2. The van der Waals surface area contributed by atoms with Crippen molar-refractivity contribution in [3.63, 3.8) is 0 Å². The van der Waals surface area contributed by atoms with Crippen molar-refractivity contribution in [1.82, 2.24) is 15.1 Å². The van der Waals surface area contributed by atoms with Crippen molar-refractivity contribution in [1.29, 1.82) is 0 Å². The lowest BCUT2D eigenvalue weighted by molar-refractivity contribution is 0.0611. The van der Waals surface area contributed by atoms with Gasteiger partial charge in [0.05, 0.1) is 16.6 Å². The topological polar surface area (TPSA) is 92.1 Å². The zero-order valence-electron chi connectivity index (χ0n) is 12.3. The first-order chi connectivity index (χ1) is 10.6. The zero-order chi connectivity index (χ0) is 15.7. The number of primary amides is 1. The number of hydrogen-bond acceptors (Lipinski definition) is 4. The summed E-state index contributed by atoms with van der Waals surface area (Å²) in [7, 11) is 0. The van der Waals surface area contributed by atoms with Crippen LogP contribution in [0.15, 0.2) is 17.5 Å². The molecule has 1 fully saturated rings. The molecular formula is C15H18N4O2S. The molecule has 0 aromatic carbocycles. The number of thiophene rings is 1. The minimum atomic E-state index is -0.565. The number of H-pyrrole nitrogens is 1. The van der Waals surface area contributed by atoms with Crippen LogP contribution in [0.25, 0.3) is 0 Å². The number of aromatic nitrogens is 2. The van der Waals surface area contributed by atoms with Gasteiger partial charge in [-0.05, 0) is 49.3 Å². The van der Waals surface area contributed by atoms with E-state index in [0.29, 0.717) is 6.54 Å². The Kier molecular flexibility index (Phi) is 3.98. The van der Waals surface area contributed by atoms with Crippen LogP contribution >= 0.6 is 11.3 Å². The van der Waals surface area contributed by atoms with E-state index in [1.54, 1.807) is 6.07 Å². The standard InChI is InChI=1S/C15H18N4O2S/c1-9-6-13(22-8-9)15(21)19-5-3-2-4-12(19)10-7-11(14(16)20)18-17-10/h6-8,12H,2-5H2,1H3,(H2,16,20)(H,17,18)/t12-/m1/s1. The van der Waals surface area contributed by atoms with E-state index in [9.17, 15) is 9.59 Å². The molecule has 0 saturated carbocycles. The molecule has 2 aromatic rings. The van der Waals surface area contributed by atoms with Gasteiger partial charge in [-0.3, -0.25) is 14.7 Å². The molecule has 0 radical (unpaired) electrons. The minimum Gasteiger partial charge on any atom is -0.364 e. The molecule has 1 atom stereocenters. The Morgan fingerprint density at radius 2 is 2.23 bits per heavy atom. The fourth-order valence-electron chi connectivity index (χ4n) is 2.82. The summed E-state index contributed by atoms with van der Waals surface area (Å²) in [6.45, 7) is 2.69. The first kappa shape index (κ1) is 14.8. The lowest BCUT2D eigenvalue weighted by atomic mass is 9.99. The van der Waals surface area contributed by atoms with Crippen LogP contribution in [-0.2, 0) is 0 Å². The molecule has 3 heterocycles. The smallest absolute Gasteiger partial charge is 0.269 e. The molecule has 116 valence electrons. The number of aryl methyl sites for hydroxylation is 1. The van der Waals surface area contributed by atoms with Crippen LogP contribution in [-0.4, -0.2) is 33.5 Å². The number of rotatable bonds is 3. The third-order valence-electron chi connectivity index (χ3n) is 3.91. The van der Waals surface area contributed by atoms with Crippen molar-refractivity contribution in [2.24, 2.45) is 5.73 Å². The summed E-state index contributed by atoms with van der Waals surface area (Å²) in [5.41, 5.74) is 7.32. The number of carbonyl (C=O) groups excluding carboxylic acids is 2. The highest BCUT2D eigenvalue weighted by Crippen LogP contribution is 2.32. The Hall–Kier alpha value is -2.15. The van der Waals surface area contributed by atoms with Gasteiger partial charge in [0.25, 0.3) is 11.8 Å². The largest absolute Gasteiger partial charge is 0.364 e. The zero-order valence-corrected chi connectivity index (χ0v) is 13.2. The van der Waals surface area contributed by atoms with Gasteiger partial charge in [-0.25, -0.2) is 0 Å². The summed E-state index contributed by atoms with van der Waals surface area (Å²) >= 11 is 1.47. The Labute approximate surface area is 132 Å². The van der Waals surface area contributed by atoms with Gasteiger partial charge in [0.1, 0.15) is 5.69 Å². The number of likely N-dealkylation sites (tertiary alicyclic amines) is 1. The number of piperidine rings is 1. The Morgan fingerprint density at radius 1 is 1.41 bits per heavy atom. The molecule has 3 N–H and O–H groups in total. The number of hydrogen-bond donors (Lipinski definition) is 2. The second-order valence-corrected chi connectivity index (χ2v) is 6.48. The normalized spacial score (nSPS) is 18.4. The highest BCUT2D eigenvalue weighted by molar-refractivity contribution is 7.12. The molecule has 22 heavy (non-hydrogen) atoms. The summed E-state index contributed by atoms with van der Waals surface area (Å²) in [4.78, 5) is 26.6. The summed E-state index contributed by atoms with van der Waals surface area (Å²) in [6, 6.07) is 3.49. The summed E-state index contributed by atoms with van der Waals surface area (Å²) in [5.74, 6) is -0.525. The van der Waals surface area contributed by atoms with Crippen molar-refractivity contribution >= 4 is 23.2 Å². The molecule has 2 amide bonds. The first-order valence-electron chi connectivity index (χ1n) is 7.27. The van der Waals surface area contributed by atoms with Crippen molar-refractivity contribution in [3.8, 4) is 0 Å². The molecule has 0 spiro atoms. The predicted molar refractivity (Wildman–Crippen MR) is 83.8 cm³/mol. The van der Waals surface area contributed by atoms with Crippen LogP contribution in [0.4, 0.5) is 0 Å². The fourth-order valence-corrected chi connectivity index (χ4v) is 3.67. The average Bonchev–Trinajstić information content (AvgIpc) is 3.15. The van der Waals surface area contributed by atoms with Crippen molar-refractivity contribution in [2.75, 3.05) is 6.54 Å². The molecule has 3 rings (SSSR count). The highest BCUT2D eigenvalue weighted by atomic mass is 32.1. The van der Waals surface area contributed by atoms with Crippen LogP contribution in [0, 0.1) is 6.92 Å². The van der Waals surface area contributed by atoms with Gasteiger partial charge in [-0.2, -0.15) is 5.10 Å². The lowest BCUT2D eigenvalue weighted by Gasteiger charge is -2.34. The molecule has 2 aromatic heterocycles. The summed E-state index contributed by atoms with van der Waals surface area (Å²) < 4.78 is 0. The number of amides is 2. The number of nitrogens with one attached hydrogen (secondary N) is 1. The minimum absolute atomic E-state index is 0.0398. The summed E-state index contributed by atoms with van der Waals surface area (Å²) in [6.07, 6.45) is 2.89. The molecule has 1 aliphatic rings. The van der Waals surface area contributed by atoms with E-state index in [2.05, 4.69) is 10.2 Å². The van der Waals surface area contributed by atoms with Gasteiger partial charge < -0.3 is 10.6 Å². The van der Waals surface area contributed by atoms with Crippen molar-refractivity contribution in [3.05, 3.63) is 39.3 Å². The van der Waals surface area contributed by atoms with E-state index in [1.165, 1.54) is 11.3 Å². The van der Waals surface area contributed by atoms with Gasteiger partial charge >= 0.3 is 0 Å². The van der Waals surface area contributed by atoms with Crippen LogP contribution in [0.5, 0.6) is 0 Å². The Balaban J connectivity index is 1.87. The Morgan fingerprint density at radius 3 is 2.86 bits per heavy atom. The maximum atomic E-state index is 12.7. The van der Waals surface area contributed by atoms with Gasteiger partial charge in [-0.1, -0.05) is 0 Å². The quantitative estimate of drug-likeness (QED) is 0.909. The second kappa shape index (κ2) is 5.92. The van der Waals surface area contributed by atoms with E-state index >= 15 is 0 Å². The van der Waals surface area contributed by atoms with Gasteiger partial charge in [0.2, 0.25) is 0 Å². The average molecular weight is 318 g/mol. The molecule has 6 nitrogen and oxygen atoms in total. The first-order valence-corrected chi connectivity index (χ1v) is 8.15. The van der Waals surface area contributed by atoms with Crippen molar-refractivity contribution in [2.45, 2.75) is 32.2 Å². The fraction of sp³-hybridized carbons (Fsp3) is 0.400. The highest BCUT2D eigenvalue weighted by Gasteiger charge is 2.30. The maximum absolute atomic E-state index is 12.7. The van der Waals surface area contributed by atoms with E-state index in [0.717, 1.165) is 35.4 Å². The molecule has 0 aliphatic carbocycles. The predicted octanol–water partition coefficient (Wildman–Crippen LogP) is 2.25. The third-order valence-corrected chi connectivity index (χ3v) is 4.95. The van der Waals surface area contributed by atoms with Crippen molar-refractivity contribution < 1.29 is 9.59 Å². The van der Waals surface area contributed by atoms with Crippen LogP contribution in [0.1, 0.15) is 56.7 Å². The van der Waals surface area contributed by atoms with E-state index in [-0.39, 0.29) is 17.6 Å². The van der Waals surface area contributed by atoms with E-state index in [1.807, 2.05) is 23.3 Å². The molecule has 0 unspecified atom stereocenters. The van der Waals surface area contributed by atoms with Crippen LogP contribution in [0.3, 0.4) is 0 Å². The molecule has 1 saturated heterocycles. The maximum Gasteiger partial charge on any atom is 0.269 e. The molecule has 1 aliphatic heterocycles. The van der Waals surface area contributed by atoms with E-state index < -0.39 is 5.91 Å². The molecular weight excluding hydrogens is 300 g/mol. The number of nitrogens with zero attached hydrogens (tertiary/aromatic N) is 2. The van der Waals surface area contributed by atoms with Gasteiger partial charge in [-0.15, -0.1) is 11.3 Å². The van der Waals surface area contributed by atoms with Gasteiger partial charge in [0, 0.05) is 6.54 Å². The monoisotopic (exact) mass is 318 g/mol. The van der Waals surface area contributed by atoms with Crippen LogP contribution < -0.4 is 5.73 Å². The number of nitrogens with two attached hydrogens (primary N) is 1. The van der Waals surface area contributed by atoms with Gasteiger partial charge in [0.15, 0.2) is 0 Å². The SMILES string of the molecule is Cc1csc(C(=O)N2CCCC[C@@H]2c2cc(C(N)=O)n[nH]2)c1. The van der Waals surface area contributed by atoms with E-state index in [4.69, 9.17) is 5.73 Å².